The number of ketones is 1. The molecule has 230 valence electrons. The zero-order valence-electron chi connectivity index (χ0n) is 26.1. The Morgan fingerprint density at radius 3 is 2.33 bits per heavy atom. The van der Waals surface area contributed by atoms with Gasteiger partial charge in [-0.15, -0.1) is 0 Å². The Morgan fingerprint density at radius 1 is 0.867 bits per heavy atom. The maximum atomic E-state index is 14.6. The fraction of sp³-hybridized carbons (Fsp3) is 0.263. The number of ether oxygens (including phenoxy) is 3. The van der Waals surface area contributed by atoms with E-state index in [-0.39, 0.29) is 30.1 Å². The average molecular weight is 603 g/mol. The molecule has 0 fully saturated rings. The van der Waals surface area contributed by atoms with E-state index in [4.69, 9.17) is 14.2 Å². The van der Waals surface area contributed by atoms with Gasteiger partial charge in [0.15, 0.2) is 17.3 Å². The Hall–Kier alpha value is -5.04. The van der Waals surface area contributed by atoms with Crippen LogP contribution in [-0.4, -0.2) is 32.0 Å². The number of carbonyl (C=O) groups excluding carboxylic acids is 2. The quantitative estimate of drug-likeness (QED) is 0.220. The van der Waals surface area contributed by atoms with Crippen LogP contribution in [0.3, 0.4) is 0 Å². The van der Waals surface area contributed by atoms with E-state index in [2.05, 4.69) is 12.2 Å². The van der Waals surface area contributed by atoms with E-state index in [1.54, 1.807) is 19.1 Å². The Morgan fingerprint density at radius 2 is 1.58 bits per heavy atom. The largest absolute Gasteiger partial charge is 0.493 e. The monoisotopic (exact) mass is 602 g/mol. The lowest BCUT2D eigenvalue weighted by atomic mass is 9.78. The van der Waals surface area contributed by atoms with Crippen LogP contribution < -0.4 is 24.4 Å². The van der Waals surface area contributed by atoms with Crippen molar-refractivity contribution in [1.29, 1.82) is 0 Å². The van der Waals surface area contributed by atoms with Crippen LogP contribution >= 0.6 is 0 Å². The van der Waals surface area contributed by atoms with Crippen LogP contribution in [0.5, 0.6) is 17.2 Å². The van der Waals surface area contributed by atoms with Crippen molar-refractivity contribution in [2.75, 3.05) is 24.4 Å². The van der Waals surface area contributed by atoms with E-state index in [0.717, 1.165) is 28.9 Å². The number of Topliss-reactive ketones (excluding diaryl/α,β-unsaturated/α-hetero) is 1. The lowest BCUT2D eigenvalue weighted by Crippen LogP contribution is -2.38. The van der Waals surface area contributed by atoms with Gasteiger partial charge in [-0.1, -0.05) is 61.5 Å². The summed E-state index contributed by atoms with van der Waals surface area (Å²) in [5.74, 6) is 1.60. The van der Waals surface area contributed by atoms with Gasteiger partial charge in [0.2, 0.25) is 0 Å². The molecule has 1 aliphatic heterocycles. The summed E-state index contributed by atoms with van der Waals surface area (Å²) in [5, 5.41) is 3.62. The molecule has 0 unspecified atom stereocenters. The van der Waals surface area contributed by atoms with Gasteiger partial charge in [-0.2, -0.15) is 0 Å². The molecule has 1 heterocycles. The molecule has 0 aromatic heterocycles. The molecular weight excluding hydrogens is 564 g/mol. The van der Waals surface area contributed by atoms with Crippen LogP contribution in [0.15, 0.2) is 108 Å². The minimum absolute atomic E-state index is 0.0226. The summed E-state index contributed by atoms with van der Waals surface area (Å²) in [6.07, 6.45) is 1.62. The molecule has 7 heteroatoms. The van der Waals surface area contributed by atoms with Crippen molar-refractivity contribution in [2.45, 2.75) is 51.2 Å². The number of anilines is 2. The van der Waals surface area contributed by atoms with Crippen molar-refractivity contribution in [3.8, 4) is 17.2 Å². The number of para-hydroxylation sites is 3. The van der Waals surface area contributed by atoms with E-state index >= 15 is 0 Å². The predicted molar refractivity (Wildman–Crippen MR) is 176 cm³/mol. The summed E-state index contributed by atoms with van der Waals surface area (Å²) >= 11 is 0. The molecule has 3 atom stereocenters. The molecule has 0 saturated heterocycles. The van der Waals surface area contributed by atoms with Crippen molar-refractivity contribution in [3.05, 3.63) is 125 Å². The van der Waals surface area contributed by atoms with E-state index in [1.165, 1.54) is 0 Å². The molecular formula is C38H38N2O5. The van der Waals surface area contributed by atoms with E-state index in [0.29, 0.717) is 40.5 Å². The number of methoxy groups -OCH3 is 2. The highest BCUT2D eigenvalue weighted by molar-refractivity contribution is 6.12. The molecule has 1 amide bonds. The number of fused-ring (bicyclic) bond motifs is 1. The maximum absolute atomic E-state index is 14.6. The standard InChI is InChI=1S/C38H38N2O5/c1-5-24(2)45-33-18-12-9-15-28(33)37-36-30(21-27(22-32(36)41)26-19-20-34(43-3)35(23-26)44-4)39-29-16-10-11-17-31(29)40(37)38(42)25-13-7-6-8-14-25/h6-20,23-24,27,37,39H,5,21-22H2,1-4H3/t24-,27+,37-/m0/s1. The first-order valence-corrected chi connectivity index (χ1v) is 15.4. The van der Waals surface area contributed by atoms with Crippen LogP contribution in [0.2, 0.25) is 0 Å². The molecule has 7 nitrogen and oxygen atoms in total. The molecule has 6 rings (SSSR count). The third kappa shape index (κ3) is 5.78. The number of hydrogen-bond acceptors (Lipinski definition) is 6. The second-order valence-corrected chi connectivity index (χ2v) is 11.5. The van der Waals surface area contributed by atoms with Crippen molar-refractivity contribution in [2.24, 2.45) is 0 Å². The molecule has 0 spiro atoms. The van der Waals surface area contributed by atoms with Gasteiger partial charge in [0.25, 0.3) is 5.91 Å². The normalized spacial score (nSPS) is 18.2. The Bertz CT molecular complexity index is 1750. The number of allylic oxidation sites excluding steroid dienone is 1. The topological polar surface area (TPSA) is 77.1 Å². The third-order valence-corrected chi connectivity index (χ3v) is 8.72. The average Bonchev–Trinajstić information content (AvgIpc) is 3.22. The van der Waals surface area contributed by atoms with E-state index < -0.39 is 6.04 Å². The summed E-state index contributed by atoms with van der Waals surface area (Å²) in [6, 6.07) is 29.8. The first-order valence-electron chi connectivity index (χ1n) is 15.4. The Balaban J connectivity index is 1.56. The van der Waals surface area contributed by atoms with Crippen molar-refractivity contribution < 1.29 is 23.8 Å². The lowest BCUT2D eigenvalue weighted by Gasteiger charge is -2.36. The number of nitrogens with one attached hydrogen (secondary N) is 1. The van der Waals surface area contributed by atoms with E-state index in [9.17, 15) is 9.59 Å². The SMILES string of the molecule is CC[C@H](C)Oc1ccccc1[C@H]1C2=C(C[C@@H](c3ccc(OC)c(OC)c3)CC2=O)Nc2ccccc2N1C(=O)c1ccccc1. The van der Waals surface area contributed by atoms with Gasteiger partial charge >= 0.3 is 0 Å². The van der Waals surface area contributed by atoms with Gasteiger partial charge in [-0.3, -0.25) is 14.5 Å². The second-order valence-electron chi connectivity index (χ2n) is 11.5. The zero-order chi connectivity index (χ0) is 31.5. The molecule has 4 aromatic carbocycles. The summed E-state index contributed by atoms with van der Waals surface area (Å²) in [6.45, 7) is 4.10. The third-order valence-electron chi connectivity index (χ3n) is 8.72. The van der Waals surface area contributed by atoms with Crippen molar-refractivity contribution in [1.82, 2.24) is 0 Å². The van der Waals surface area contributed by atoms with Crippen LogP contribution in [0.25, 0.3) is 0 Å². The minimum Gasteiger partial charge on any atom is -0.493 e. The molecule has 1 N–H and O–H groups in total. The lowest BCUT2D eigenvalue weighted by molar-refractivity contribution is -0.116. The minimum atomic E-state index is -0.719. The van der Waals surface area contributed by atoms with Gasteiger partial charge in [0.1, 0.15) is 5.75 Å². The van der Waals surface area contributed by atoms with Crippen molar-refractivity contribution >= 4 is 23.1 Å². The number of amides is 1. The van der Waals surface area contributed by atoms with Crippen LogP contribution in [0, 0.1) is 0 Å². The van der Waals surface area contributed by atoms with Gasteiger partial charge in [0.05, 0.1) is 37.7 Å². The van der Waals surface area contributed by atoms with Gasteiger partial charge in [0, 0.05) is 28.8 Å². The van der Waals surface area contributed by atoms with Gasteiger partial charge in [-0.25, -0.2) is 0 Å². The highest BCUT2D eigenvalue weighted by atomic mass is 16.5. The smallest absolute Gasteiger partial charge is 0.259 e. The molecule has 0 bridgehead atoms. The Kier molecular flexibility index (Phi) is 8.60. The first-order chi connectivity index (χ1) is 21.9. The van der Waals surface area contributed by atoms with Crippen LogP contribution in [0.1, 0.15) is 66.6 Å². The number of rotatable bonds is 8. The fourth-order valence-electron chi connectivity index (χ4n) is 6.28. The van der Waals surface area contributed by atoms with Crippen molar-refractivity contribution in [3.63, 3.8) is 0 Å². The number of nitrogens with zero attached hydrogens (tertiary/aromatic N) is 1. The Labute approximate surface area is 264 Å². The molecule has 45 heavy (non-hydrogen) atoms. The summed E-state index contributed by atoms with van der Waals surface area (Å²) in [7, 11) is 3.22. The van der Waals surface area contributed by atoms with Crippen LogP contribution in [0.4, 0.5) is 11.4 Å². The van der Waals surface area contributed by atoms with E-state index in [1.807, 2.05) is 104 Å². The molecule has 2 aliphatic rings. The van der Waals surface area contributed by atoms with Gasteiger partial charge < -0.3 is 19.5 Å². The molecule has 4 aromatic rings. The number of benzene rings is 4. The first kappa shape index (κ1) is 30.0. The molecule has 1 aliphatic carbocycles. The number of hydrogen-bond donors (Lipinski definition) is 1. The second kappa shape index (κ2) is 12.9. The zero-order valence-corrected chi connectivity index (χ0v) is 26.1. The number of carbonyl (C=O) groups is 2. The summed E-state index contributed by atoms with van der Waals surface area (Å²) < 4.78 is 17.5. The highest BCUT2D eigenvalue weighted by Gasteiger charge is 2.43. The maximum Gasteiger partial charge on any atom is 0.259 e. The summed E-state index contributed by atoms with van der Waals surface area (Å²) in [5.41, 5.74) is 5.12. The van der Waals surface area contributed by atoms with Gasteiger partial charge in [-0.05, 0) is 73.7 Å². The highest BCUT2D eigenvalue weighted by Crippen LogP contribution is 2.50. The predicted octanol–water partition coefficient (Wildman–Crippen LogP) is 8.10. The summed E-state index contributed by atoms with van der Waals surface area (Å²) in [4.78, 5) is 30.9. The molecule has 0 radical (unpaired) electrons. The molecule has 0 saturated carbocycles. The fourth-order valence-corrected chi connectivity index (χ4v) is 6.28. The van der Waals surface area contributed by atoms with Crippen LogP contribution in [-0.2, 0) is 4.79 Å².